The van der Waals surface area contributed by atoms with E-state index in [2.05, 4.69) is 32.3 Å². The van der Waals surface area contributed by atoms with Gasteiger partial charge in [0.05, 0.1) is 11.7 Å². The molecule has 1 atom stereocenters. The molecular weight excluding hydrogens is 268 g/mol. The van der Waals surface area contributed by atoms with Gasteiger partial charge in [-0.25, -0.2) is 9.97 Å². The molecular formula is C14H18N6O. The van der Waals surface area contributed by atoms with Crippen LogP contribution in [-0.4, -0.2) is 24.7 Å². The highest BCUT2D eigenvalue weighted by atomic mass is 16.4. The SMILES string of the molecule is CC[C@@H](Nc1nc(C)nc2oc(C)nc12)c1ccnn1C. The van der Waals surface area contributed by atoms with E-state index < -0.39 is 0 Å². The van der Waals surface area contributed by atoms with Gasteiger partial charge in [-0.2, -0.15) is 10.1 Å². The smallest absolute Gasteiger partial charge is 0.252 e. The van der Waals surface area contributed by atoms with Gasteiger partial charge < -0.3 is 9.73 Å². The largest absolute Gasteiger partial charge is 0.422 e. The monoisotopic (exact) mass is 286 g/mol. The van der Waals surface area contributed by atoms with Crippen molar-refractivity contribution >= 4 is 17.0 Å². The first-order chi connectivity index (χ1) is 10.1. The van der Waals surface area contributed by atoms with Crippen molar-refractivity contribution in [1.29, 1.82) is 0 Å². The Hall–Kier alpha value is -2.44. The highest BCUT2D eigenvalue weighted by Crippen LogP contribution is 2.26. The summed E-state index contributed by atoms with van der Waals surface area (Å²) in [5.74, 6) is 1.94. The van der Waals surface area contributed by atoms with Crippen LogP contribution in [0.4, 0.5) is 5.82 Å². The van der Waals surface area contributed by atoms with Crippen molar-refractivity contribution < 1.29 is 4.42 Å². The molecule has 3 aromatic heterocycles. The van der Waals surface area contributed by atoms with E-state index in [0.29, 0.717) is 28.8 Å². The lowest BCUT2D eigenvalue weighted by Gasteiger charge is -2.18. The van der Waals surface area contributed by atoms with E-state index in [0.717, 1.165) is 12.1 Å². The molecule has 0 bridgehead atoms. The van der Waals surface area contributed by atoms with Gasteiger partial charge in [-0.3, -0.25) is 4.68 Å². The fourth-order valence-electron chi connectivity index (χ4n) is 2.41. The van der Waals surface area contributed by atoms with Gasteiger partial charge in [-0.05, 0) is 19.4 Å². The first-order valence-electron chi connectivity index (χ1n) is 6.94. The summed E-state index contributed by atoms with van der Waals surface area (Å²) < 4.78 is 7.36. The van der Waals surface area contributed by atoms with Crippen LogP contribution in [0.1, 0.15) is 36.8 Å². The van der Waals surface area contributed by atoms with E-state index in [1.54, 1.807) is 13.1 Å². The van der Waals surface area contributed by atoms with Crippen LogP contribution in [0.25, 0.3) is 11.2 Å². The van der Waals surface area contributed by atoms with E-state index in [1.807, 2.05) is 24.7 Å². The molecule has 0 radical (unpaired) electrons. The summed E-state index contributed by atoms with van der Waals surface area (Å²) in [7, 11) is 1.93. The molecule has 0 unspecified atom stereocenters. The predicted octanol–water partition coefficient (Wildman–Crippen LogP) is 2.53. The van der Waals surface area contributed by atoms with Crippen LogP contribution in [-0.2, 0) is 7.05 Å². The maximum absolute atomic E-state index is 5.50. The minimum atomic E-state index is 0.104. The lowest BCUT2D eigenvalue weighted by Crippen LogP contribution is -2.15. The third-order valence-electron chi connectivity index (χ3n) is 3.41. The predicted molar refractivity (Wildman–Crippen MR) is 78.9 cm³/mol. The van der Waals surface area contributed by atoms with Crippen molar-refractivity contribution in [3.63, 3.8) is 0 Å². The summed E-state index contributed by atoms with van der Waals surface area (Å²) in [5.41, 5.74) is 2.28. The van der Waals surface area contributed by atoms with Gasteiger partial charge in [0, 0.05) is 20.2 Å². The molecule has 0 aliphatic heterocycles. The number of oxazole rings is 1. The Bertz CT molecular complexity index is 775. The van der Waals surface area contributed by atoms with Crippen LogP contribution in [0.5, 0.6) is 0 Å². The first kappa shape index (κ1) is 13.5. The topological polar surface area (TPSA) is 81.7 Å². The Kier molecular flexibility index (Phi) is 3.32. The standard InChI is InChI=1S/C14H18N6O/c1-5-10(11-6-7-15-20(11)4)19-13-12-14(17-8(2)16-13)21-9(3)18-12/h6-7,10H,5H2,1-4H3,(H,16,17,19)/t10-/m1/s1. The second kappa shape index (κ2) is 5.16. The zero-order valence-electron chi connectivity index (χ0n) is 12.6. The number of hydrogen-bond donors (Lipinski definition) is 1. The second-order valence-corrected chi connectivity index (χ2v) is 4.99. The van der Waals surface area contributed by atoms with Gasteiger partial charge in [0.1, 0.15) is 5.82 Å². The minimum Gasteiger partial charge on any atom is -0.422 e. The molecule has 3 rings (SSSR count). The first-order valence-corrected chi connectivity index (χ1v) is 6.94. The molecule has 110 valence electrons. The quantitative estimate of drug-likeness (QED) is 0.793. The molecule has 0 fully saturated rings. The minimum absolute atomic E-state index is 0.104. The van der Waals surface area contributed by atoms with Crippen LogP contribution < -0.4 is 5.32 Å². The molecule has 0 saturated heterocycles. The number of aryl methyl sites for hydroxylation is 3. The van der Waals surface area contributed by atoms with Gasteiger partial charge in [-0.15, -0.1) is 0 Å². The third kappa shape index (κ3) is 2.46. The normalized spacial score (nSPS) is 12.8. The van der Waals surface area contributed by atoms with Crippen LogP contribution in [0, 0.1) is 13.8 Å². The number of rotatable bonds is 4. The third-order valence-corrected chi connectivity index (χ3v) is 3.41. The van der Waals surface area contributed by atoms with E-state index in [9.17, 15) is 0 Å². The van der Waals surface area contributed by atoms with Gasteiger partial charge >= 0.3 is 0 Å². The molecule has 0 aromatic carbocycles. The number of nitrogens with zero attached hydrogens (tertiary/aromatic N) is 5. The average Bonchev–Trinajstić information content (AvgIpc) is 3.01. The molecule has 3 aromatic rings. The summed E-state index contributed by atoms with van der Waals surface area (Å²) in [6.45, 7) is 5.76. The van der Waals surface area contributed by atoms with Gasteiger partial charge in [-0.1, -0.05) is 6.92 Å². The van der Waals surface area contributed by atoms with Crippen molar-refractivity contribution in [2.45, 2.75) is 33.2 Å². The Labute approximate surface area is 122 Å². The molecule has 0 saturated carbocycles. The van der Waals surface area contributed by atoms with Crippen molar-refractivity contribution in [2.24, 2.45) is 7.05 Å². The summed E-state index contributed by atoms with van der Waals surface area (Å²) >= 11 is 0. The van der Waals surface area contributed by atoms with Crippen LogP contribution in [0.15, 0.2) is 16.7 Å². The van der Waals surface area contributed by atoms with Crippen LogP contribution in [0.3, 0.4) is 0 Å². The molecule has 0 aliphatic rings. The Morgan fingerprint density at radius 2 is 2.10 bits per heavy atom. The lowest BCUT2D eigenvalue weighted by molar-refractivity contribution is 0.550. The van der Waals surface area contributed by atoms with Gasteiger partial charge in [0.25, 0.3) is 5.71 Å². The zero-order chi connectivity index (χ0) is 15.0. The fraction of sp³-hybridized carbons (Fsp3) is 0.429. The molecule has 7 heteroatoms. The molecule has 0 aliphatic carbocycles. The Morgan fingerprint density at radius 1 is 1.29 bits per heavy atom. The van der Waals surface area contributed by atoms with Crippen molar-refractivity contribution in [3.8, 4) is 0 Å². The van der Waals surface area contributed by atoms with Crippen LogP contribution in [0.2, 0.25) is 0 Å². The Balaban J connectivity index is 2.02. The second-order valence-electron chi connectivity index (χ2n) is 4.99. The lowest BCUT2D eigenvalue weighted by atomic mass is 10.1. The van der Waals surface area contributed by atoms with E-state index in [-0.39, 0.29) is 6.04 Å². The zero-order valence-corrected chi connectivity index (χ0v) is 12.6. The maximum atomic E-state index is 5.50. The summed E-state index contributed by atoms with van der Waals surface area (Å²) in [5, 5.41) is 7.66. The van der Waals surface area contributed by atoms with Gasteiger partial charge in [0.2, 0.25) is 0 Å². The maximum Gasteiger partial charge on any atom is 0.252 e. The number of fused-ring (bicyclic) bond motifs is 1. The number of anilines is 1. The fourth-order valence-corrected chi connectivity index (χ4v) is 2.41. The van der Waals surface area contributed by atoms with E-state index in [4.69, 9.17) is 4.42 Å². The number of aromatic nitrogens is 5. The average molecular weight is 286 g/mol. The van der Waals surface area contributed by atoms with Crippen molar-refractivity contribution in [3.05, 3.63) is 29.7 Å². The summed E-state index contributed by atoms with van der Waals surface area (Å²) in [4.78, 5) is 13.1. The molecule has 0 amide bonds. The van der Waals surface area contributed by atoms with Gasteiger partial charge in [0.15, 0.2) is 17.2 Å². The summed E-state index contributed by atoms with van der Waals surface area (Å²) in [6.07, 6.45) is 2.70. The number of hydrogen-bond acceptors (Lipinski definition) is 6. The van der Waals surface area contributed by atoms with Crippen molar-refractivity contribution in [1.82, 2.24) is 24.7 Å². The van der Waals surface area contributed by atoms with Crippen molar-refractivity contribution in [2.75, 3.05) is 5.32 Å². The highest BCUT2D eigenvalue weighted by molar-refractivity contribution is 5.81. The summed E-state index contributed by atoms with van der Waals surface area (Å²) in [6, 6.07) is 2.10. The molecule has 7 nitrogen and oxygen atoms in total. The molecule has 1 N–H and O–H groups in total. The Morgan fingerprint density at radius 3 is 2.76 bits per heavy atom. The van der Waals surface area contributed by atoms with Crippen LogP contribution >= 0.6 is 0 Å². The number of nitrogens with one attached hydrogen (secondary N) is 1. The van der Waals surface area contributed by atoms with E-state index in [1.165, 1.54) is 0 Å². The van der Waals surface area contributed by atoms with E-state index >= 15 is 0 Å². The molecule has 3 heterocycles. The highest BCUT2D eigenvalue weighted by Gasteiger charge is 2.18. The molecule has 21 heavy (non-hydrogen) atoms. The molecule has 0 spiro atoms.